The van der Waals surface area contributed by atoms with Gasteiger partial charge in [0.25, 0.3) is 5.56 Å². The number of allylic oxidation sites excluding steroid dienone is 1. The summed E-state index contributed by atoms with van der Waals surface area (Å²) in [6.45, 7) is 4.05. The summed E-state index contributed by atoms with van der Waals surface area (Å²) in [5.41, 5.74) is 1.23. The Hall–Kier alpha value is -2.11. The van der Waals surface area contributed by atoms with Gasteiger partial charge in [-0.3, -0.25) is 9.36 Å². The first kappa shape index (κ1) is 16.7. The molecule has 0 aliphatic carbocycles. The average Bonchev–Trinajstić information content (AvgIpc) is 2.56. The van der Waals surface area contributed by atoms with Crippen molar-refractivity contribution in [3.05, 3.63) is 81.9 Å². The van der Waals surface area contributed by atoms with Gasteiger partial charge < -0.3 is 0 Å². The van der Waals surface area contributed by atoms with Crippen molar-refractivity contribution in [2.75, 3.05) is 0 Å². The highest BCUT2D eigenvalue weighted by atomic mass is 35.5. The van der Waals surface area contributed by atoms with Gasteiger partial charge in [0.2, 0.25) is 0 Å². The minimum Gasteiger partial charge on any atom is -0.283 e. The van der Waals surface area contributed by atoms with Gasteiger partial charge in [-0.25, -0.2) is 9.37 Å². The third kappa shape index (κ3) is 3.52. The van der Waals surface area contributed by atoms with Crippen LogP contribution in [0.4, 0.5) is 4.39 Å². The van der Waals surface area contributed by atoms with Crippen molar-refractivity contribution in [3.8, 4) is 0 Å². The van der Waals surface area contributed by atoms with Crippen molar-refractivity contribution in [1.29, 1.82) is 0 Å². The fourth-order valence-corrected chi connectivity index (χ4v) is 3.47. The van der Waals surface area contributed by atoms with Crippen LogP contribution in [0, 0.1) is 5.82 Å². The minimum absolute atomic E-state index is 0.140. The van der Waals surface area contributed by atoms with E-state index in [9.17, 15) is 9.18 Å². The smallest absolute Gasteiger partial charge is 0.262 e. The maximum atomic E-state index is 13.3. The number of halogens is 2. The van der Waals surface area contributed by atoms with Gasteiger partial charge in [0.1, 0.15) is 5.82 Å². The molecule has 122 valence electrons. The zero-order valence-corrected chi connectivity index (χ0v) is 14.3. The van der Waals surface area contributed by atoms with E-state index in [1.165, 1.54) is 23.9 Å². The summed E-state index contributed by atoms with van der Waals surface area (Å²) in [5.74, 6) is 0.225. The summed E-state index contributed by atoms with van der Waals surface area (Å²) in [4.78, 5) is 17.2. The van der Waals surface area contributed by atoms with E-state index in [4.69, 9.17) is 11.6 Å². The van der Waals surface area contributed by atoms with E-state index >= 15 is 0 Å². The molecule has 0 aliphatic rings. The lowest BCUT2D eigenvalue weighted by atomic mass is 10.2. The Morgan fingerprint density at radius 3 is 2.88 bits per heavy atom. The molecule has 1 heterocycles. The molecule has 0 saturated heterocycles. The largest absolute Gasteiger partial charge is 0.283 e. The minimum atomic E-state index is -0.283. The zero-order valence-electron chi connectivity index (χ0n) is 12.7. The molecule has 0 atom stereocenters. The van der Waals surface area contributed by atoms with Crippen molar-refractivity contribution in [2.45, 2.75) is 17.5 Å². The zero-order chi connectivity index (χ0) is 17.1. The number of aromatic nitrogens is 2. The van der Waals surface area contributed by atoms with Crippen LogP contribution in [0.2, 0.25) is 5.02 Å². The van der Waals surface area contributed by atoms with Crippen LogP contribution in [0.25, 0.3) is 10.9 Å². The Bertz CT molecular complexity index is 971. The van der Waals surface area contributed by atoms with Gasteiger partial charge in [0.05, 0.1) is 10.9 Å². The second-order valence-electron chi connectivity index (χ2n) is 5.18. The number of hydrogen-bond acceptors (Lipinski definition) is 3. The lowest BCUT2D eigenvalue weighted by Gasteiger charge is -2.11. The number of hydrogen-bond donors (Lipinski definition) is 0. The molecule has 0 amide bonds. The first-order valence-corrected chi connectivity index (χ1v) is 8.63. The highest BCUT2D eigenvalue weighted by Gasteiger charge is 2.11. The molecule has 3 aromatic rings. The van der Waals surface area contributed by atoms with E-state index in [0.29, 0.717) is 33.4 Å². The molecule has 0 radical (unpaired) electrons. The van der Waals surface area contributed by atoms with Crippen LogP contribution in [-0.4, -0.2) is 9.55 Å². The molecule has 6 heteroatoms. The summed E-state index contributed by atoms with van der Waals surface area (Å²) in [5, 5.41) is 1.59. The van der Waals surface area contributed by atoms with Crippen molar-refractivity contribution in [1.82, 2.24) is 9.55 Å². The van der Waals surface area contributed by atoms with Gasteiger partial charge in [0, 0.05) is 17.3 Å². The van der Waals surface area contributed by atoms with E-state index in [0.717, 1.165) is 5.56 Å². The van der Waals surface area contributed by atoms with Gasteiger partial charge in [-0.2, -0.15) is 0 Å². The molecule has 0 fully saturated rings. The predicted octanol–water partition coefficient (Wildman–Crippen LogP) is 4.67. The topological polar surface area (TPSA) is 34.9 Å². The van der Waals surface area contributed by atoms with Gasteiger partial charge in [-0.1, -0.05) is 41.6 Å². The molecule has 3 rings (SSSR count). The molecular weight excluding hydrogens is 347 g/mol. The maximum Gasteiger partial charge on any atom is 0.262 e. The van der Waals surface area contributed by atoms with E-state index < -0.39 is 0 Å². The number of thioether (sulfide) groups is 1. The maximum absolute atomic E-state index is 13.3. The Kier molecular flexibility index (Phi) is 5.02. The molecule has 3 nitrogen and oxygen atoms in total. The monoisotopic (exact) mass is 360 g/mol. The molecule has 0 unspecified atom stereocenters. The Morgan fingerprint density at radius 2 is 2.12 bits per heavy atom. The van der Waals surface area contributed by atoms with E-state index in [1.807, 2.05) is 6.07 Å². The van der Waals surface area contributed by atoms with Gasteiger partial charge in [0.15, 0.2) is 5.16 Å². The molecule has 0 aliphatic heterocycles. The molecule has 1 aromatic heterocycles. The fraction of sp³-hybridized carbons (Fsp3) is 0.111. The summed E-state index contributed by atoms with van der Waals surface area (Å²) in [7, 11) is 0. The van der Waals surface area contributed by atoms with E-state index in [-0.39, 0.29) is 11.4 Å². The van der Waals surface area contributed by atoms with Crippen molar-refractivity contribution in [3.63, 3.8) is 0 Å². The van der Waals surface area contributed by atoms with E-state index in [2.05, 4.69) is 11.6 Å². The van der Waals surface area contributed by atoms with E-state index in [1.54, 1.807) is 34.9 Å². The SMILES string of the molecule is C=CCn1c(SCc2cccc(F)c2)nc2cc(Cl)ccc2c1=O. The molecule has 0 N–H and O–H groups in total. The van der Waals surface area contributed by atoms with Crippen LogP contribution in [0.1, 0.15) is 5.56 Å². The van der Waals surface area contributed by atoms with Crippen LogP contribution in [-0.2, 0) is 12.3 Å². The molecule has 0 bridgehead atoms. The third-order valence-electron chi connectivity index (χ3n) is 3.45. The number of fused-ring (bicyclic) bond motifs is 1. The third-order valence-corrected chi connectivity index (χ3v) is 4.73. The highest BCUT2D eigenvalue weighted by molar-refractivity contribution is 7.98. The number of benzene rings is 2. The Labute approximate surface area is 147 Å². The lowest BCUT2D eigenvalue weighted by Crippen LogP contribution is -2.22. The van der Waals surface area contributed by atoms with Crippen molar-refractivity contribution < 1.29 is 4.39 Å². The first-order valence-electron chi connectivity index (χ1n) is 7.26. The van der Waals surface area contributed by atoms with Crippen LogP contribution in [0.5, 0.6) is 0 Å². The van der Waals surface area contributed by atoms with Crippen LogP contribution in [0.3, 0.4) is 0 Å². The first-order chi connectivity index (χ1) is 11.6. The van der Waals surface area contributed by atoms with Crippen LogP contribution >= 0.6 is 23.4 Å². The van der Waals surface area contributed by atoms with Gasteiger partial charge in [-0.15, -0.1) is 6.58 Å². The van der Waals surface area contributed by atoms with Gasteiger partial charge >= 0.3 is 0 Å². The summed E-state index contributed by atoms with van der Waals surface area (Å²) in [6.07, 6.45) is 1.65. The highest BCUT2D eigenvalue weighted by Crippen LogP contribution is 2.23. The normalized spacial score (nSPS) is 10.9. The van der Waals surface area contributed by atoms with Crippen molar-refractivity contribution >= 4 is 34.3 Å². The Morgan fingerprint density at radius 1 is 1.29 bits per heavy atom. The molecule has 0 spiro atoms. The summed E-state index contributed by atoms with van der Waals surface area (Å²) < 4.78 is 14.9. The van der Waals surface area contributed by atoms with Crippen LogP contribution < -0.4 is 5.56 Å². The lowest BCUT2D eigenvalue weighted by molar-refractivity contribution is 0.626. The number of nitrogens with zero attached hydrogens (tertiary/aromatic N) is 2. The van der Waals surface area contributed by atoms with Crippen LogP contribution in [0.15, 0.2) is 65.1 Å². The summed E-state index contributed by atoms with van der Waals surface area (Å²) in [6, 6.07) is 11.4. The summed E-state index contributed by atoms with van der Waals surface area (Å²) >= 11 is 7.38. The fourth-order valence-electron chi connectivity index (χ4n) is 2.35. The quantitative estimate of drug-likeness (QED) is 0.377. The molecule has 0 saturated carbocycles. The molecule has 24 heavy (non-hydrogen) atoms. The second-order valence-corrected chi connectivity index (χ2v) is 6.56. The predicted molar refractivity (Wildman–Crippen MR) is 97.2 cm³/mol. The van der Waals surface area contributed by atoms with Crippen molar-refractivity contribution in [2.24, 2.45) is 0 Å². The standard InChI is InChI=1S/C18H14ClFN2OS/c1-2-8-22-17(23)15-7-6-13(19)10-16(15)21-18(22)24-11-12-4-3-5-14(20)9-12/h2-7,9-10H,1,8,11H2. The second kappa shape index (κ2) is 7.20. The molecular formula is C18H14ClFN2OS. The molecule has 2 aromatic carbocycles. The average molecular weight is 361 g/mol. The van der Waals surface area contributed by atoms with Gasteiger partial charge in [-0.05, 0) is 35.9 Å². The number of rotatable bonds is 5. The Balaban J connectivity index is 2.03.